The number of rotatable bonds is 5. The van der Waals surface area contributed by atoms with Gasteiger partial charge < -0.3 is 10.4 Å². The molecule has 2 aromatic carbocycles. The van der Waals surface area contributed by atoms with Gasteiger partial charge in [0.05, 0.1) is 5.60 Å². The third-order valence-electron chi connectivity index (χ3n) is 3.53. The number of carbonyl (C=O) groups is 1. The van der Waals surface area contributed by atoms with Crippen molar-refractivity contribution in [2.75, 3.05) is 6.54 Å². The second kappa shape index (κ2) is 6.22. The maximum atomic E-state index is 13.7. The minimum absolute atomic E-state index is 0.172. The predicted molar refractivity (Wildman–Crippen MR) is 81.8 cm³/mol. The summed E-state index contributed by atoms with van der Waals surface area (Å²) in [6.07, 6.45) is 1.44. The maximum Gasteiger partial charge on any atom is 0.252 e. The molecule has 0 aromatic heterocycles. The highest BCUT2D eigenvalue weighted by atomic mass is 19.1. The van der Waals surface area contributed by atoms with Gasteiger partial charge in [-0.1, -0.05) is 37.6 Å². The Morgan fingerprint density at radius 2 is 1.90 bits per heavy atom. The van der Waals surface area contributed by atoms with E-state index in [1.54, 1.807) is 31.2 Å². The van der Waals surface area contributed by atoms with E-state index in [9.17, 15) is 14.3 Å². The number of halogens is 1. The SMILES string of the molecule is CCCC(C)(O)CNC(=O)c1ccc(F)c2ccccc12. The van der Waals surface area contributed by atoms with Crippen LogP contribution in [0.5, 0.6) is 0 Å². The highest BCUT2D eigenvalue weighted by molar-refractivity contribution is 6.07. The summed E-state index contributed by atoms with van der Waals surface area (Å²) in [5, 5.41) is 13.8. The van der Waals surface area contributed by atoms with E-state index in [1.807, 2.05) is 6.92 Å². The summed E-state index contributed by atoms with van der Waals surface area (Å²) in [6.45, 7) is 3.84. The Hall–Kier alpha value is -1.94. The summed E-state index contributed by atoms with van der Waals surface area (Å²) in [7, 11) is 0. The van der Waals surface area contributed by atoms with Crippen molar-refractivity contribution < 1.29 is 14.3 Å². The molecule has 1 amide bonds. The van der Waals surface area contributed by atoms with E-state index in [-0.39, 0.29) is 18.3 Å². The Balaban J connectivity index is 2.23. The lowest BCUT2D eigenvalue weighted by molar-refractivity contribution is 0.0470. The van der Waals surface area contributed by atoms with Crippen molar-refractivity contribution in [2.45, 2.75) is 32.3 Å². The molecule has 0 spiro atoms. The van der Waals surface area contributed by atoms with Crippen molar-refractivity contribution >= 4 is 16.7 Å². The number of amides is 1. The molecular formula is C17H20FNO2. The summed E-state index contributed by atoms with van der Waals surface area (Å²) in [6, 6.07) is 9.64. The monoisotopic (exact) mass is 289 g/mol. The molecule has 0 radical (unpaired) electrons. The minimum atomic E-state index is -0.930. The van der Waals surface area contributed by atoms with Crippen LogP contribution >= 0.6 is 0 Å². The molecule has 4 heteroatoms. The molecule has 1 atom stereocenters. The average molecular weight is 289 g/mol. The molecule has 0 aliphatic heterocycles. The van der Waals surface area contributed by atoms with Gasteiger partial charge in [0.2, 0.25) is 0 Å². The van der Waals surface area contributed by atoms with Crippen LogP contribution in [0.25, 0.3) is 10.8 Å². The molecule has 0 aliphatic rings. The first-order valence-corrected chi connectivity index (χ1v) is 7.12. The van der Waals surface area contributed by atoms with Crippen molar-refractivity contribution in [3.63, 3.8) is 0 Å². The number of benzene rings is 2. The van der Waals surface area contributed by atoms with E-state index in [4.69, 9.17) is 0 Å². The number of nitrogens with one attached hydrogen (secondary N) is 1. The molecule has 112 valence electrons. The first kappa shape index (κ1) is 15.4. The fourth-order valence-electron chi connectivity index (χ4n) is 2.45. The van der Waals surface area contributed by atoms with Gasteiger partial charge in [0.25, 0.3) is 5.91 Å². The third-order valence-corrected chi connectivity index (χ3v) is 3.53. The average Bonchev–Trinajstić information content (AvgIpc) is 2.46. The van der Waals surface area contributed by atoms with Crippen molar-refractivity contribution in [1.29, 1.82) is 0 Å². The third kappa shape index (κ3) is 3.58. The van der Waals surface area contributed by atoms with Gasteiger partial charge in [-0.15, -0.1) is 0 Å². The Morgan fingerprint density at radius 1 is 1.24 bits per heavy atom. The van der Waals surface area contributed by atoms with Gasteiger partial charge in [-0.2, -0.15) is 0 Å². The van der Waals surface area contributed by atoms with E-state index in [2.05, 4.69) is 5.32 Å². The quantitative estimate of drug-likeness (QED) is 0.887. The molecule has 0 bridgehead atoms. The van der Waals surface area contributed by atoms with Gasteiger partial charge >= 0.3 is 0 Å². The van der Waals surface area contributed by atoms with Crippen LogP contribution in [0.1, 0.15) is 37.0 Å². The van der Waals surface area contributed by atoms with E-state index in [1.165, 1.54) is 12.1 Å². The molecule has 0 saturated heterocycles. The Kier molecular flexibility index (Phi) is 4.58. The number of aliphatic hydroxyl groups is 1. The van der Waals surface area contributed by atoms with E-state index >= 15 is 0 Å². The smallest absolute Gasteiger partial charge is 0.252 e. The number of carbonyl (C=O) groups excluding carboxylic acids is 1. The molecule has 0 fully saturated rings. The Morgan fingerprint density at radius 3 is 2.57 bits per heavy atom. The van der Waals surface area contributed by atoms with Crippen LogP contribution in [0.15, 0.2) is 36.4 Å². The lowest BCUT2D eigenvalue weighted by Crippen LogP contribution is -2.40. The van der Waals surface area contributed by atoms with Crippen LogP contribution < -0.4 is 5.32 Å². The summed E-state index contributed by atoms with van der Waals surface area (Å²) >= 11 is 0. The summed E-state index contributed by atoms with van der Waals surface area (Å²) in [4.78, 5) is 12.3. The fourth-order valence-corrected chi connectivity index (χ4v) is 2.45. The topological polar surface area (TPSA) is 49.3 Å². The van der Waals surface area contributed by atoms with Crippen molar-refractivity contribution in [2.24, 2.45) is 0 Å². The first-order chi connectivity index (χ1) is 9.94. The second-order valence-corrected chi connectivity index (χ2v) is 5.57. The van der Waals surface area contributed by atoms with Crippen LogP contribution in [0, 0.1) is 5.82 Å². The lowest BCUT2D eigenvalue weighted by Gasteiger charge is -2.23. The maximum absolute atomic E-state index is 13.7. The van der Waals surface area contributed by atoms with Gasteiger partial charge in [0.15, 0.2) is 0 Å². The molecule has 2 rings (SSSR count). The molecule has 2 N–H and O–H groups in total. The van der Waals surface area contributed by atoms with Gasteiger partial charge in [0, 0.05) is 17.5 Å². The Labute approximate surface area is 123 Å². The normalized spacial score (nSPS) is 13.9. The first-order valence-electron chi connectivity index (χ1n) is 7.12. The molecular weight excluding hydrogens is 269 g/mol. The van der Waals surface area contributed by atoms with E-state index in [0.717, 1.165) is 6.42 Å². The van der Waals surface area contributed by atoms with Crippen LogP contribution in [0.3, 0.4) is 0 Å². The molecule has 3 nitrogen and oxygen atoms in total. The zero-order chi connectivity index (χ0) is 15.5. The standard InChI is InChI=1S/C17H20FNO2/c1-3-10-17(2,21)11-19-16(20)14-8-9-15(18)13-7-5-4-6-12(13)14/h4-9,21H,3,10-11H2,1-2H3,(H,19,20). The number of hydrogen-bond acceptors (Lipinski definition) is 2. The van der Waals surface area contributed by atoms with Gasteiger partial charge in [-0.05, 0) is 30.9 Å². The van der Waals surface area contributed by atoms with Crippen LogP contribution in [0.4, 0.5) is 4.39 Å². The van der Waals surface area contributed by atoms with Crippen molar-refractivity contribution in [1.82, 2.24) is 5.32 Å². The van der Waals surface area contributed by atoms with Crippen molar-refractivity contribution in [3.05, 3.63) is 47.8 Å². The zero-order valence-corrected chi connectivity index (χ0v) is 12.3. The predicted octanol–water partition coefficient (Wildman–Crippen LogP) is 3.26. The van der Waals surface area contributed by atoms with Crippen LogP contribution in [-0.4, -0.2) is 23.2 Å². The lowest BCUT2D eigenvalue weighted by atomic mass is 10.00. The Bertz CT molecular complexity index is 652. The zero-order valence-electron chi connectivity index (χ0n) is 12.3. The fraction of sp³-hybridized carbons (Fsp3) is 0.353. The molecule has 0 heterocycles. The van der Waals surface area contributed by atoms with Gasteiger partial charge in [-0.3, -0.25) is 4.79 Å². The van der Waals surface area contributed by atoms with E-state index < -0.39 is 5.60 Å². The molecule has 0 saturated carbocycles. The largest absolute Gasteiger partial charge is 0.388 e. The molecule has 1 unspecified atom stereocenters. The summed E-state index contributed by atoms with van der Waals surface area (Å²) in [5.41, 5.74) is -0.514. The second-order valence-electron chi connectivity index (χ2n) is 5.57. The molecule has 21 heavy (non-hydrogen) atoms. The number of fused-ring (bicyclic) bond motifs is 1. The highest BCUT2D eigenvalue weighted by Gasteiger charge is 2.21. The highest BCUT2D eigenvalue weighted by Crippen LogP contribution is 2.22. The summed E-state index contributed by atoms with van der Waals surface area (Å²) in [5.74, 6) is -0.650. The minimum Gasteiger partial charge on any atom is -0.388 e. The van der Waals surface area contributed by atoms with E-state index in [0.29, 0.717) is 22.8 Å². The van der Waals surface area contributed by atoms with Gasteiger partial charge in [-0.25, -0.2) is 4.39 Å². The van der Waals surface area contributed by atoms with Crippen LogP contribution in [-0.2, 0) is 0 Å². The van der Waals surface area contributed by atoms with Crippen LogP contribution in [0.2, 0.25) is 0 Å². The molecule has 0 aliphatic carbocycles. The number of hydrogen-bond donors (Lipinski definition) is 2. The molecule has 2 aromatic rings. The van der Waals surface area contributed by atoms with Gasteiger partial charge in [0.1, 0.15) is 5.82 Å². The van der Waals surface area contributed by atoms with Crippen molar-refractivity contribution in [3.8, 4) is 0 Å². The summed E-state index contributed by atoms with van der Waals surface area (Å²) < 4.78 is 13.7.